The Labute approximate surface area is 114 Å². The monoisotopic (exact) mass is 291 g/mol. The minimum atomic E-state index is -4.45. The van der Waals surface area contributed by atoms with Crippen LogP contribution in [0.4, 0.5) is 24.8 Å². The average molecular weight is 291 g/mol. The van der Waals surface area contributed by atoms with E-state index in [-0.39, 0.29) is 24.8 Å². The van der Waals surface area contributed by atoms with Gasteiger partial charge < -0.3 is 20.5 Å². The van der Waals surface area contributed by atoms with Crippen LogP contribution in [0.1, 0.15) is 12.0 Å². The number of anilines is 2. The standard InChI is InChI=1S/C12H16F3N3O2/c1-16-9-4-8(12(13,14)15)5-10(18-9)17-6-11(19)2-3-20-7-11/h4-5,19H,2-3,6-7H2,1H3,(H2,16,17,18). The summed E-state index contributed by atoms with van der Waals surface area (Å²) in [7, 11) is 1.49. The van der Waals surface area contributed by atoms with Crippen LogP contribution in [0.15, 0.2) is 12.1 Å². The molecule has 1 aliphatic rings. The van der Waals surface area contributed by atoms with Crippen LogP contribution < -0.4 is 10.6 Å². The number of pyridine rings is 1. The van der Waals surface area contributed by atoms with Gasteiger partial charge in [0.15, 0.2) is 0 Å². The van der Waals surface area contributed by atoms with Crippen LogP contribution in [0.25, 0.3) is 0 Å². The molecule has 0 spiro atoms. The van der Waals surface area contributed by atoms with E-state index in [1.807, 2.05) is 0 Å². The van der Waals surface area contributed by atoms with Crippen LogP contribution in [0.5, 0.6) is 0 Å². The van der Waals surface area contributed by atoms with Crippen LogP contribution >= 0.6 is 0 Å². The van der Waals surface area contributed by atoms with Gasteiger partial charge in [-0.05, 0) is 12.1 Å². The van der Waals surface area contributed by atoms with Crippen molar-refractivity contribution in [3.8, 4) is 0 Å². The van der Waals surface area contributed by atoms with Gasteiger partial charge >= 0.3 is 6.18 Å². The number of aliphatic hydroxyl groups is 1. The maximum absolute atomic E-state index is 12.7. The molecule has 0 radical (unpaired) electrons. The fourth-order valence-corrected chi connectivity index (χ4v) is 1.90. The van der Waals surface area contributed by atoms with Crippen LogP contribution in [0.2, 0.25) is 0 Å². The molecule has 1 aliphatic heterocycles. The lowest BCUT2D eigenvalue weighted by Gasteiger charge is -2.21. The van der Waals surface area contributed by atoms with Gasteiger partial charge in [-0.1, -0.05) is 0 Å². The summed E-state index contributed by atoms with van der Waals surface area (Å²) in [6, 6.07) is 1.85. The molecule has 1 unspecified atom stereocenters. The Morgan fingerprint density at radius 3 is 2.65 bits per heavy atom. The van der Waals surface area contributed by atoms with Gasteiger partial charge in [0.1, 0.15) is 17.2 Å². The molecule has 3 N–H and O–H groups in total. The first-order chi connectivity index (χ1) is 9.32. The Kier molecular flexibility index (Phi) is 4.05. The average Bonchev–Trinajstić information content (AvgIpc) is 2.82. The Hall–Kier alpha value is -1.54. The van der Waals surface area contributed by atoms with E-state index in [1.165, 1.54) is 7.05 Å². The lowest BCUT2D eigenvalue weighted by Crippen LogP contribution is -2.37. The molecule has 2 rings (SSSR count). The van der Waals surface area contributed by atoms with Crippen molar-refractivity contribution < 1.29 is 23.0 Å². The van der Waals surface area contributed by atoms with E-state index in [9.17, 15) is 18.3 Å². The fraction of sp³-hybridized carbons (Fsp3) is 0.583. The van der Waals surface area contributed by atoms with Gasteiger partial charge in [0.25, 0.3) is 0 Å². The fourth-order valence-electron chi connectivity index (χ4n) is 1.90. The lowest BCUT2D eigenvalue weighted by molar-refractivity contribution is -0.137. The number of nitrogens with one attached hydrogen (secondary N) is 2. The number of aromatic nitrogens is 1. The van der Waals surface area contributed by atoms with Crippen molar-refractivity contribution in [1.29, 1.82) is 0 Å². The number of rotatable bonds is 4. The third-order valence-corrected chi connectivity index (χ3v) is 3.09. The van der Waals surface area contributed by atoms with Crippen molar-refractivity contribution in [2.75, 3.05) is 37.4 Å². The van der Waals surface area contributed by atoms with Crippen LogP contribution in [-0.4, -0.2) is 42.5 Å². The summed E-state index contributed by atoms with van der Waals surface area (Å²) in [5, 5.41) is 15.4. The molecule has 112 valence electrons. The second-order valence-electron chi connectivity index (χ2n) is 4.75. The van der Waals surface area contributed by atoms with Gasteiger partial charge in [0, 0.05) is 26.6 Å². The van der Waals surface area contributed by atoms with Crippen molar-refractivity contribution >= 4 is 11.6 Å². The maximum Gasteiger partial charge on any atom is 0.416 e. The molecule has 0 aromatic carbocycles. The normalized spacial score (nSPS) is 22.9. The summed E-state index contributed by atoms with van der Waals surface area (Å²) in [6.07, 6.45) is -4.00. The van der Waals surface area contributed by atoms with E-state index in [0.29, 0.717) is 13.0 Å². The Morgan fingerprint density at radius 2 is 2.10 bits per heavy atom. The van der Waals surface area contributed by atoms with Crippen LogP contribution in [0.3, 0.4) is 0 Å². The Balaban J connectivity index is 2.14. The molecule has 0 bridgehead atoms. The SMILES string of the molecule is CNc1cc(C(F)(F)F)cc(NCC2(O)CCOC2)n1. The predicted molar refractivity (Wildman–Crippen MR) is 67.7 cm³/mol. The third kappa shape index (κ3) is 3.51. The summed E-state index contributed by atoms with van der Waals surface area (Å²) in [5.41, 5.74) is -1.86. The minimum Gasteiger partial charge on any atom is -0.386 e. The van der Waals surface area contributed by atoms with Gasteiger partial charge in [-0.15, -0.1) is 0 Å². The van der Waals surface area contributed by atoms with Crippen LogP contribution in [-0.2, 0) is 10.9 Å². The van der Waals surface area contributed by atoms with E-state index < -0.39 is 17.3 Å². The minimum absolute atomic E-state index is 0.0597. The number of hydrogen-bond acceptors (Lipinski definition) is 5. The molecule has 0 saturated carbocycles. The zero-order valence-corrected chi connectivity index (χ0v) is 10.9. The number of halogens is 3. The van der Waals surface area contributed by atoms with Gasteiger partial charge in [-0.2, -0.15) is 13.2 Å². The topological polar surface area (TPSA) is 66.4 Å². The van der Waals surface area contributed by atoms with Gasteiger partial charge in [0.2, 0.25) is 0 Å². The summed E-state index contributed by atoms with van der Waals surface area (Å²) in [4.78, 5) is 3.98. The van der Waals surface area contributed by atoms with Crippen LogP contribution in [0, 0.1) is 0 Å². The second-order valence-corrected chi connectivity index (χ2v) is 4.75. The molecule has 1 saturated heterocycles. The smallest absolute Gasteiger partial charge is 0.386 e. The van der Waals surface area contributed by atoms with Crippen molar-refractivity contribution in [2.45, 2.75) is 18.2 Å². The van der Waals surface area contributed by atoms with E-state index >= 15 is 0 Å². The third-order valence-electron chi connectivity index (χ3n) is 3.09. The molecule has 0 amide bonds. The Bertz CT molecular complexity index is 474. The summed E-state index contributed by atoms with van der Waals surface area (Å²) < 4.78 is 43.3. The first-order valence-corrected chi connectivity index (χ1v) is 6.13. The summed E-state index contributed by atoms with van der Waals surface area (Å²) in [6.45, 7) is 0.693. The van der Waals surface area contributed by atoms with Crippen molar-refractivity contribution in [3.05, 3.63) is 17.7 Å². The zero-order valence-electron chi connectivity index (χ0n) is 10.9. The summed E-state index contributed by atoms with van der Waals surface area (Å²) >= 11 is 0. The lowest BCUT2D eigenvalue weighted by atomic mass is 10.0. The van der Waals surface area contributed by atoms with Gasteiger partial charge in [-0.25, -0.2) is 4.98 Å². The van der Waals surface area contributed by atoms with E-state index in [1.54, 1.807) is 0 Å². The summed E-state index contributed by atoms with van der Waals surface area (Å²) in [5.74, 6) is 0.168. The van der Waals surface area contributed by atoms with Crippen molar-refractivity contribution in [1.82, 2.24) is 4.98 Å². The molecule has 5 nitrogen and oxygen atoms in total. The first kappa shape index (κ1) is 14.9. The Morgan fingerprint density at radius 1 is 1.40 bits per heavy atom. The number of ether oxygens (including phenoxy) is 1. The molecule has 1 aromatic heterocycles. The zero-order chi connectivity index (χ0) is 14.8. The highest BCUT2D eigenvalue weighted by Crippen LogP contribution is 2.32. The van der Waals surface area contributed by atoms with E-state index in [4.69, 9.17) is 4.74 Å². The second kappa shape index (κ2) is 5.45. The molecule has 1 fully saturated rings. The highest BCUT2D eigenvalue weighted by Gasteiger charge is 2.34. The van der Waals surface area contributed by atoms with E-state index in [2.05, 4.69) is 15.6 Å². The van der Waals surface area contributed by atoms with E-state index in [0.717, 1.165) is 12.1 Å². The molecule has 20 heavy (non-hydrogen) atoms. The van der Waals surface area contributed by atoms with Gasteiger partial charge in [0.05, 0.1) is 12.2 Å². The number of hydrogen-bond donors (Lipinski definition) is 3. The highest BCUT2D eigenvalue weighted by atomic mass is 19.4. The largest absolute Gasteiger partial charge is 0.416 e. The molecular formula is C12H16F3N3O2. The number of alkyl halides is 3. The number of nitrogens with zero attached hydrogens (tertiary/aromatic N) is 1. The van der Waals surface area contributed by atoms with Crippen molar-refractivity contribution in [2.24, 2.45) is 0 Å². The molecule has 2 heterocycles. The quantitative estimate of drug-likeness (QED) is 0.788. The first-order valence-electron chi connectivity index (χ1n) is 6.13. The predicted octanol–water partition coefficient (Wildman–Crippen LogP) is 1.71. The molecule has 8 heteroatoms. The highest BCUT2D eigenvalue weighted by molar-refractivity contribution is 5.49. The van der Waals surface area contributed by atoms with Gasteiger partial charge in [-0.3, -0.25) is 0 Å². The molecule has 1 aromatic rings. The molecule has 0 aliphatic carbocycles. The molecule has 1 atom stereocenters. The van der Waals surface area contributed by atoms with Crippen molar-refractivity contribution in [3.63, 3.8) is 0 Å². The maximum atomic E-state index is 12.7. The molecular weight excluding hydrogens is 275 g/mol.